The summed E-state index contributed by atoms with van der Waals surface area (Å²) in [5.74, 6) is -2.36. The molecule has 3 atom stereocenters. The number of amidine groups is 1. The third kappa shape index (κ3) is 3.86. The summed E-state index contributed by atoms with van der Waals surface area (Å²) in [4.78, 5) is 48.3. The second-order valence-electron chi connectivity index (χ2n) is 6.40. The van der Waals surface area contributed by atoms with Gasteiger partial charge in [-0.15, -0.1) is 11.8 Å². The monoisotopic (exact) mass is 371 g/mol. The molecule has 10 nitrogen and oxygen atoms in total. The molecule has 2 rings (SSSR count). The molecular weight excluding hydrogens is 350 g/mol. The molecule has 2 aliphatic heterocycles. The zero-order valence-electron chi connectivity index (χ0n) is 14.1. The molecule has 0 aliphatic carbocycles. The fraction of sp³-hybridized carbons (Fsp3) is 0.643. The molecule has 2 saturated heterocycles. The van der Waals surface area contributed by atoms with Gasteiger partial charge >= 0.3 is 5.97 Å². The minimum Gasteiger partial charge on any atom is -0.480 e. The Morgan fingerprint density at radius 3 is 2.40 bits per heavy atom. The van der Waals surface area contributed by atoms with E-state index in [1.807, 2.05) is 0 Å². The molecule has 0 aromatic carbocycles. The number of fused-ring (bicyclic) bond motifs is 1. The molecule has 11 heteroatoms. The van der Waals surface area contributed by atoms with E-state index in [0.29, 0.717) is 0 Å². The first-order valence-electron chi connectivity index (χ1n) is 7.62. The van der Waals surface area contributed by atoms with Gasteiger partial charge in [0, 0.05) is 4.75 Å². The van der Waals surface area contributed by atoms with Crippen LogP contribution < -0.4 is 16.0 Å². The molecule has 0 radical (unpaired) electrons. The lowest BCUT2D eigenvalue weighted by atomic mass is 9.96. The van der Waals surface area contributed by atoms with Crippen molar-refractivity contribution in [2.24, 2.45) is 0 Å². The van der Waals surface area contributed by atoms with Gasteiger partial charge in [0.05, 0.1) is 18.9 Å². The number of β-lactam (4-membered cyclic amide) rings is 1. The van der Waals surface area contributed by atoms with Crippen molar-refractivity contribution in [1.82, 2.24) is 20.9 Å². The predicted molar refractivity (Wildman–Crippen MR) is 90.1 cm³/mol. The quantitative estimate of drug-likeness (QED) is 0.212. The summed E-state index contributed by atoms with van der Waals surface area (Å²) in [5, 5.41) is 23.5. The van der Waals surface area contributed by atoms with Crippen LogP contribution >= 0.6 is 11.8 Å². The number of carbonyl (C=O) groups excluding carboxylic acids is 3. The average Bonchev–Trinajstić information content (AvgIpc) is 2.76. The lowest BCUT2D eigenvalue weighted by molar-refractivity contribution is -0.161. The normalized spacial score (nSPS) is 26.3. The van der Waals surface area contributed by atoms with E-state index in [1.165, 1.54) is 23.6 Å². The highest BCUT2D eigenvalue weighted by Gasteiger charge is 2.64. The number of carboxylic acid groups (broad SMARTS) is 1. The Kier molecular flexibility index (Phi) is 5.26. The van der Waals surface area contributed by atoms with Crippen LogP contribution in [-0.2, 0) is 19.2 Å². The molecule has 0 spiro atoms. The van der Waals surface area contributed by atoms with Crippen molar-refractivity contribution in [2.45, 2.75) is 43.0 Å². The number of hydrogen-bond donors (Lipinski definition) is 5. The van der Waals surface area contributed by atoms with E-state index in [9.17, 15) is 24.3 Å². The van der Waals surface area contributed by atoms with Crippen LogP contribution in [-0.4, -0.2) is 74.8 Å². The number of carbonyl (C=O) groups is 4. The van der Waals surface area contributed by atoms with Crippen LogP contribution in [0.5, 0.6) is 0 Å². The maximum Gasteiger partial charge on any atom is 0.327 e. The molecule has 0 bridgehead atoms. The number of nitrogens with one attached hydrogen (secondary N) is 4. The standard InChI is InChI=1S/C14H21N5O5S/c1-6(15)16-4-7(20)17-5-8(21)18-9-11(22)19-10(13(23)24)14(2,3)25-12(9)19/h9-10,12H,4-5H2,1-3H3,(H2,15,16)(H,17,20)(H,18,21)(H,23,24)/t9-,10+,12-/m1/s1. The minimum atomic E-state index is -1.07. The van der Waals surface area contributed by atoms with Gasteiger partial charge in [0.25, 0.3) is 0 Å². The first kappa shape index (κ1) is 19.0. The van der Waals surface area contributed by atoms with Crippen molar-refractivity contribution in [1.29, 1.82) is 5.41 Å². The summed E-state index contributed by atoms with van der Waals surface area (Å²) in [7, 11) is 0. The van der Waals surface area contributed by atoms with Crippen molar-refractivity contribution in [3.8, 4) is 0 Å². The third-order valence-corrected chi connectivity index (χ3v) is 5.52. The van der Waals surface area contributed by atoms with Gasteiger partial charge in [0.15, 0.2) is 0 Å². The summed E-state index contributed by atoms with van der Waals surface area (Å²) < 4.78 is -0.657. The van der Waals surface area contributed by atoms with Gasteiger partial charge in [-0.05, 0) is 20.8 Å². The van der Waals surface area contributed by atoms with Gasteiger partial charge in [0.2, 0.25) is 17.7 Å². The average molecular weight is 371 g/mol. The van der Waals surface area contributed by atoms with Gasteiger partial charge < -0.3 is 26.0 Å². The second kappa shape index (κ2) is 6.90. The maximum atomic E-state index is 12.2. The number of carboxylic acids is 1. The van der Waals surface area contributed by atoms with E-state index in [4.69, 9.17) is 5.41 Å². The first-order valence-corrected chi connectivity index (χ1v) is 8.50. The van der Waals surface area contributed by atoms with Gasteiger partial charge in [-0.25, -0.2) is 4.79 Å². The molecular formula is C14H21N5O5S. The Morgan fingerprint density at radius 2 is 1.84 bits per heavy atom. The molecule has 2 fully saturated rings. The van der Waals surface area contributed by atoms with E-state index < -0.39 is 45.9 Å². The van der Waals surface area contributed by atoms with Crippen molar-refractivity contribution in [2.75, 3.05) is 13.1 Å². The summed E-state index contributed by atoms with van der Waals surface area (Å²) in [6.07, 6.45) is 0. The fourth-order valence-corrected chi connectivity index (χ4v) is 4.45. The van der Waals surface area contributed by atoms with Crippen LogP contribution in [0.1, 0.15) is 20.8 Å². The molecule has 3 amide bonds. The van der Waals surface area contributed by atoms with E-state index in [2.05, 4.69) is 16.0 Å². The Hall–Kier alpha value is -2.30. The predicted octanol–water partition coefficient (Wildman–Crippen LogP) is -1.68. The van der Waals surface area contributed by atoms with E-state index in [1.54, 1.807) is 13.8 Å². The third-order valence-electron chi connectivity index (χ3n) is 3.95. The summed E-state index contributed by atoms with van der Waals surface area (Å²) in [6, 6.07) is -1.72. The van der Waals surface area contributed by atoms with Gasteiger partial charge in [-0.3, -0.25) is 19.8 Å². The SMILES string of the molecule is CC(=N)NCC(=O)NCC(=O)N[C@@H]1C(=O)N2[C@@H]1SC(C)(C)[C@@H]2C(=O)O. The van der Waals surface area contributed by atoms with E-state index >= 15 is 0 Å². The highest BCUT2D eigenvalue weighted by Crippen LogP contribution is 2.50. The zero-order chi connectivity index (χ0) is 18.9. The number of rotatable bonds is 6. The van der Waals surface area contributed by atoms with Crippen LogP contribution in [0.15, 0.2) is 0 Å². The van der Waals surface area contributed by atoms with Crippen LogP contribution in [0.25, 0.3) is 0 Å². The second-order valence-corrected chi connectivity index (χ2v) is 8.17. The number of amides is 3. The Morgan fingerprint density at radius 1 is 1.24 bits per heavy atom. The molecule has 0 aromatic heterocycles. The molecule has 5 N–H and O–H groups in total. The van der Waals surface area contributed by atoms with Crippen molar-refractivity contribution >= 4 is 41.3 Å². The molecule has 0 saturated carbocycles. The van der Waals surface area contributed by atoms with Crippen molar-refractivity contribution in [3.63, 3.8) is 0 Å². The highest BCUT2D eigenvalue weighted by atomic mass is 32.2. The van der Waals surface area contributed by atoms with Crippen LogP contribution in [0.2, 0.25) is 0 Å². The van der Waals surface area contributed by atoms with Crippen LogP contribution in [0.3, 0.4) is 0 Å². The van der Waals surface area contributed by atoms with Crippen molar-refractivity contribution < 1.29 is 24.3 Å². The summed E-state index contributed by atoms with van der Waals surface area (Å²) in [5.41, 5.74) is 0. The summed E-state index contributed by atoms with van der Waals surface area (Å²) in [6.45, 7) is 4.56. The van der Waals surface area contributed by atoms with Crippen LogP contribution in [0.4, 0.5) is 0 Å². The number of hydrogen-bond acceptors (Lipinski definition) is 6. The smallest absolute Gasteiger partial charge is 0.327 e. The Balaban J connectivity index is 1.85. The topological polar surface area (TPSA) is 152 Å². The van der Waals surface area contributed by atoms with Crippen molar-refractivity contribution in [3.05, 3.63) is 0 Å². The lowest BCUT2D eigenvalue weighted by Gasteiger charge is -2.43. The summed E-state index contributed by atoms with van der Waals surface area (Å²) >= 11 is 1.33. The molecule has 0 unspecified atom stereocenters. The maximum absolute atomic E-state index is 12.2. The fourth-order valence-electron chi connectivity index (χ4n) is 2.82. The van der Waals surface area contributed by atoms with E-state index in [-0.39, 0.29) is 18.9 Å². The molecule has 25 heavy (non-hydrogen) atoms. The molecule has 138 valence electrons. The zero-order valence-corrected chi connectivity index (χ0v) is 14.9. The largest absolute Gasteiger partial charge is 0.480 e. The van der Waals surface area contributed by atoms with Gasteiger partial charge in [0.1, 0.15) is 17.5 Å². The van der Waals surface area contributed by atoms with E-state index in [0.717, 1.165) is 0 Å². The van der Waals surface area contributed by atoms with Crippen LogP contribution in [0, 0.1) is 5.41 Å². The minimum absolute atomic E-state index is 0.119. The van der Waals surface area contributed by atoms with Gasteiger partial charge in [-0.2, -0.15) is 0 Å². The Labute approximate surface area is 148 Å². The molecule has 2 aliphatic rings. The highest BCUT2D eigenvalue weighted by molar-refractivity contribution is 8.01. The number of aliphatic carboxylic acids is 1. The Bertz CT molecular complexity index is 637. The van der Waals surface area contributed by atoms with Gasteiger partial charge in [-0.1, -0.05) is 0 Å². The molecule has 0 aromatic rings. The molecule has 2 heterocycles. The number of thioether (sulfide) groups is 1. The number of nitrogens with zero attached hydrogens (tertiary/aromatic N) is 1. The first-order chi connectivity index (χ1) is 11.5. The lowest BCUT2D eigenvalue weighted by Crippen LogP contribution is -2.71.